The minimum atomic E-state index is 0.0701. The molecule has 1 aromatic rings. The molecule has 3 N–H and O–H groups in total. The summed E-state index contributed by atoms with van der Waals surface area (Å²) < 4.78 is 0. The molecule has 0 atom stereocenters. The average molecular weight is 275 g/mol. The van der Waals surface area contributed by atoms with Gasteiger partial charge < -0.3 is 16.0 Å². The van der Waals surface area contributed by atoms with Gasteiger partial charge in [-0.3, -0.25) is 4.79 Å². The lowest BCUT2D eigenvalue weighted by Gasteiger charge is -2.34. The van der Waals surface area contributed by atoms with E-state index in [0.717, 1.165) is 30.3 Å². The first-order chi connectivity index (χ1) is 9.58. The van der Waals surface area contributed by atoms with Crippen molar-refractivity contribution in [3.63, 3.8) is 0 Å². The SMILES string of the molecule is Cc1c(N)cccc1NC(=O)CCCN(C)C1CCC1. The molecular weight excluding hydrogens is 250 g/mol. The van der Waals surface area contributed by atoms with Gasteiger partial charge in [-0.1, -0.05) is 12.5 Å². The number of nitrogen functional groups attached to an aromatic ring is 1. The normalized spacial score (nSPS) is 15.2. The van der Waals surface area contributed by atoms with Crippen molar-refractivity contribution in [2.45, 2.75) is 45.1 Å². The summed E-state index contributed by atoms with van der Waals surface area (Å²) in [4.78, 5) is 14.3. The van der Waals surface area contributed by atoms with Crippen LogP contribution in [0.25, 0.3) is 0 Å². The first kappa shape index (κ1) is 14.9. The van der Waals surface area contributed by atoms with E-state index >= 15 is 0 Å². The molecular formula is C16H25N3O. The van der Waals surface area contributed by atoms with Crippen LogP contribution in [0.1, 0.15) is 37.7 Å². The molecule has 0 heterocycles. The number of carbonyl (C=O) groups is 1. The zero-order valence-electron chi connectivity index (χ0n) is 12.5. The molecule has 1 fully saturated rings. The molecule has 0 radical (unpaired) electrons. The molecule has 0 saturated heterocycles. The van der Waals surface area contributed by atoms with Gasteiger partial charge in [-0.25, -0.2) is 0 Å². The third-order valence-corrected chi connectivity index (χ3v) is 4.26. The lowest BCUT2D eigenvalue weighted by Crippen LogP contribution is -2.37. The highest BCUT2D eigenvalue weighted by Crippen LogP contribution is 2.24. The third kappa shape index (κ3) is 3.73. The number of amides is 1. The van der Waals surface area contributed by atoms with E-state index in [0.29, 0.717) is 12.1 Å². The summed E-state index contributed by atoms with van der Waals surface area (Å²) in [6, 6.07) is 6.35. The van der Waals surface area contributed by atoms with Crippen LogP contribution in [0.2, 0.25) is 0 Å². The molecule has 1 amide bonds. The number of nitrogens with zero attached hydrogens (tertiary/aromatic N) is 1. The Labute approximate surface area is 121 Å². The molecule has 0 unspecified atom stereocenters. The number of anilines is 2. The van der Waals surface area contributed by atoms with Crippen LogP contribution in [0, 0.1) is 6.92 Å². The molecule has 0 aromatic heterocycles. The Balaban J connectivity index is 1.73. The van der Waals surface area contributed by atoms with Crippen LogP contribution >= 0.6 is 0 Å². The maximum atomic E-state index is 11.9. The van der Waals surface area contributed by atoms with E-state index < -0.39 is 0 Å². The van der Waals surface area contributed by atoms with Gasteiger partial charge in [0.2, 0.25) is 5.91 Å². The number of nitrogens with two attached hydrogens (primary N) is 1. The molecule has 0 spiro atoms. The first-order valence-corrected chi connectivity index (χ1v) is 7.43. The highest BCUT2D eigenvalue weighted by Gasteiger charge is 2.21. The van der Waals surface area contributed by atoms with E-state index in [2.05, 4.69) is 17.3 Å². The van der Waals surface area contributed by atoms with Gasteiger partial charge in [0.25, 0.3) is 0 Å². The average Bonchev–Trinajstić information content (AvgIpc) is 2.33. The summed E-state index contributed by atoms with van der Waals surface area (Å²) in [7, 11) is 2.16. The molecule has 2 rings (SSSR count). The van der Waals surface area contributed by atoms with Crippen molar-refractivity contribution >= 4 is 17.3 Å². The Morgan fingerprint density at radius 1 is 1.45 bits per heavy atom. The topological polar surface area (TPSA) is 58.4 Å². The zero-order valence-corrected chi connectivity index (χ0v) is 12.5. The number of benzene rings is 1. The summed E-state index contributed by atoms with van der Waals surface area (Å²) in [6.45, 7) is 2.92. The van der Waals surface area contributed by atoms with Crippen LogP contribution in [0.15, 0.2) is 18.2 Å². The van der Waals surface area contributed by atoms with Crippen molar-refractivity contribution in [1.29, 1.82) is 0 Å². The Hall–Kier alpha value is -1.55. The quantitative estimate of drug-likeness (QED) is 0.785. The van der Waals surface area contributed by atoms with Crippen molar-refractivity contribution < 1.29 is 4.79 Å². The van der Waals surface area contributed by atoms with Crippen LogP contribution in [0.5, 0.6) is 0 Å². The van der Waals surface area contributed by atoms with Gasteiger partial charge in [0.05, 0.1) is 0 Å². The second kappa shape index (κ2) is 6.75. The van der Waals surface area contributed by atoms with E-state index in [-0.39, 0.29) is 5.91 Å². The number of hydrogen-bond donors (Lipinski definition) is 2. The van der Waals surface area contributed by atoms with Gasteiger partial charge in [0.1, 0.15) is 0 Å². The Morgan fingerprint density at radius 2 is 2.20 bits per heavy atom. The Kier molecular flexibility index (Phi) is 5.01. The minimum absolute atomic E-state index is 0.0701. The smallest absolute Gasteiger partial charge is 0.224 e. The predicted octanol–water partition coefficient (Wildman–Crippen LogP) is 2.78. The predicted molar refractivity (Wildman–Crippen MR) is 83.7 cm³/mol. The van der Waals surface area contributed by atoms with E-state index in [1.165, 1.54) is 19.3 Å². The van der Waals surface area contributed by atoms with Crippen molar-refractivity contribution in [3.8, 4) is 0 Å². The standard InChI is InChI=1S/C16H25N3O/c1-12-14(17)8-4-9-15(12)18-16(20)10-5-11-19(2)13-6-3-7-13/h4,8-9,13H,3,5-7,10-11,17H2,1-2H3,(H,18,20). The number of rotatable bonds is 6. The van der Waals surface area contributed by atoms with Gasteiger partial charge >= 0.3 is 0 Å². The van der Waals surface area contributed by atoms with E-state index in [1.807, 2.05) is 25.1 Å². The van der Waals surface area contributed by atoms with Crippen molar-refractivity contribution in [1.82, 2.24) is 4.90 Å². The van der Waals surface area contributed by atoms with E-state index in [1.54, 1.807) is 0 Å². The molecule has 1 saturated carbocycles. The van der Waals surface area contributed by atoms with Crippen LogP contribution in [0.4, 0.5) is 11.4 Å². The molecule has 1 aliphatic rings. The Bertz CT molecular complexity index is 469. The summed E-state index contributed by atoms with van der Waals surface area (Å²) in [5.74, 6) is 0.0701. The van der Waals surface area contributed by atoms with E-state index in [9.17, 15) is 4.79 Å². The number of carbonyl (C=O) groups excluding carboxylic acids is 1. The second-order valence-corrected chi connectivity index (χ2v) is 5.74. The lowest BCUT2D eigenvalue weighted by atomic mass is 9.92. The lowest BCUT2D eigenvalue weighted by molar-refractivity contribution is -0.116. The van der Waals surface area contributed by atoms with E-state index in [4.69, 9.17) is 5.73 Å². The second-order valence-electron chi connectivity index (χ2n) is 5.74. The highest BCUT2D eigenvalue weighted by atomic mass is 16.1. The summed E-state index contributed by atoms with van der Waals surface area (Å²) in [6.07, 6.45) is 5.44. The van der Waals surface area contributed by atoms with Crippen molar-refractivity contribution in [2.75, 3.05) is 24.6 Å². The molecule has 4 nitrogen and oxygen atoms in total. The largest absolute Gasteiger partial charge is 0.398 e. The fourth-order valence-electron chi connectivity index (χ4n) is 2.50. The van der Waals surface area contributed by atoms with Crippen LogP contribution in [-0.4, -0.2) is 30.4 Å². The summed E-state index contributed by atoms with van der Waals surface area (Å²) in [5, 5.41) is 2.94. The first-order valence-electron chi connectivity index (χ1n) is 7.43. The zero-order chi connectivity index (χ0) is 14.5. The van der Waals surface area contributed by atoms with Crippen molar-refractivity contribution in [2.24, 2.45) is 0 Å². The van der Waals surface area contributed by atoms with Gasteiger partial charge in [0.15, 0.2) is 0 Å². The van der Waals surface area contributed by atoms with Gasteiger partial charge in [-0.15, -0.1) is 0 Å². The van der Waals surface area contributed by atoms with Crippen LogP contribution in [-0.2, 0) is 4.79 Å². The fraction of sp³-hybridized carbons (Fsp3) is 0.562. The summed E-state index contributed by atoms with van der Waals surface area (Å²) >= 11 is 0. The molecule has 0 bridgehead atoms. The van der Waals surface area contributed by atoms with Gasteiger partial charge in [-0.05, 0) is 57.5 Å². The maximum absolute atomic E-state index is 11.9. The van der Waals surface area contributed by atoms with Gasteiger partial charge in [0, 0.05) is 23.8 Å². The van der Waals surface area contributed by atoms with Crippen molar-refractivity contribution in [3.05, 3.63) is 23.8 Å². The summed E-state index contributed by atoms with van der Waals surface area (Å²) in [5.41, 5.74) is 8.31. The molecule has 4 heteroatoms. The maximum Gasteiger partial charge on any atom is 0.224 e. The third-order valence-electron chi connectivity index (χ3n) is 4.26. The minimum Gasteiger partial charge on any atom is -0.398 e. The Morgan fingerprint density at radius 3 is 2.85 bits per heavy atom. The molecule has 20 heavy (non-hydrogen) atoms. The molecule has 1 aromatic carbocycles. The van der Waals surface area contributed by atoms with Crippen LogP contribution in [0.3, 0.4) is 0 Å². The van der Waals surface area contributed by atoms with Gasteiger partial charge in [-0.2, -0.15) is 0 Å². The number of nitrogens with one attached hydrogen (secondary N) is 1. The fourth-order valence-corrected chi connectivity index (χ4v) is 2.50. The highest BCUT2D eigenvalue weighted by molar-refractivity contribution is 5.92. The number of hydrogen-bond acceptors (Lipinski definition) is 3. The monoisotopic (exact) mass is 275 g/mol. The molecule has 1 aliphatic carbocycles. The molecule has 110 valence electrons. The van der Waals surface area contributed by atoms with Crippen LogP contribution < -0.4 is 11.1 Å². The molecule has 0 aliphatic heterocycles.